The Morgan fingerprint density at radius 2 is 1.73 bits per heavy atom. The van der Waals surface area contributed by atoms with Crippen LogP contribution in [-0.4, -0.2) is 55.1 Å². The van der Waals surface area contributed by atoms with Crippen LogP contribution in [0.1, 0.15) is 29.8 Å². The molecule has 0 N–H and O–H groups in total. The van der Waals surface area contributed by atoms with Gasteiger partial charge in [0, 0.05) is 37.8 Å². The second kappa shape index (κ2) is 9.55. The zero-order chi connectivity index (χ0) is 24.3. The maximum Gasteiger partial charge on any atom is 0.416 e. The Hall–Kier alpha value is -3.50. The van der Waals surface area contributed by atoms with Gasteiger partial charge in [-0.1, -0.05) is 0 Å². The highest BCUT2D eigenvalue weighted by molar-refractivity contribution is 5.95. The molecule has 33 heavy (non-hydrogen) atoms. The lowest BCUT2D eigenvalue weighted by molar-refractivity contribution is -0.384. The minimum atomic E-state index is -4.68. The molecular weight excluding hydrogens is 443 g/mol. The van der Waals surface area contributed by atoms with E-state index in [-0.39, 0.29) is 43.9 Å². The third-order valence-electron chi connectivity index (χ3n) is 5.18. The number of halogens is 3. The predicted molar refractivity (Wildman–Crippen MR) is 115 cm³/mol. The van der Waals surface area contributed by atoms with Crippen LogP contribution in [0.25, 0.3) is 0 Å². The summed E-state index contributed by atoms with van der Waals surface area (Å²) in [5.74, 6) is 0.697. The van der Waals surface area contributed by atoms with Crippen molar-refractivity contribution >= 4 is 17.3 Å². The number of nitrogens with zero attached hydrogens (tertiary/aromatic N) is 3. The van der Waals surface area contributed by atoms with Crippen molar-refractivity contribution in [3.63, 3.8) is 0 Å². The van der Waals surface area contributed by atoms with Crippen molar-refractivity contribution < 1.29 is 32.4 Å². The number of benzene rings is 2. The van der Waals surface area contributed by atoms with Gasteiger partial charge in [0.25, 0.3) is 11.6 Å². The molecular formula is C22H24F3N3O5. The highest BCUT2D eigenvalue weighted by Crippen LogP contribution is 2.37. The number of hydrogen-bond acceptors (Lipinski definition) is 6. The van der Waals surface area contributed by atoms with Crippen LogP contribution >= 0.6 is 0 Å². The van der Waals surface area contributed by atoms with Gasteiger partial charge in [0.2, 0.25) is 0 Å². The summed E-state index contributed by atoms with van der Waals surface area (Å²) < 4.78 is 49.8. The summed E-state index contributed by atoms with van der Waals surface area (Å²) in [6, 6.07) is 7.36. The molecule has 11 heteroatoms. The fourth-order valence-corrected chi connectivity index (χ4v) is 3.60. The maximum atomic E-state index is 13.0. The Kier molecular flexibility index (Phi) is 6.99. The molecule has 3 rings (SSSR count). The van der Waals surface area contributed by atoms with Gasteiger partial charge in [-0.25, -0.2) is 0 Å². The number of hydrogen-bond donors (Lipinski definition) is 0. The van der Waals surface area contributed by atoms with E-state index in [4.69, 9.17) is 9.47 Å². The highest BCUT2D eigenvalue weighted by Gasteiger charge is 2.34. The third-order valence-corrected chi connectivity index (χ3v) is 5.18. The van der Waals surface area contributed by atoms with Crippen molar-refractivity contribution in [3.05, 3.63) is 57.6 Å². The SMILES string of the molecule is COc1cc(C(=O)N2CCN(c3ccc(C(F)(F)F)cc3[N+](=O)[O-])CC2)ccc1OC(C)C. The van der Waals surface area contributed by atoms with Crippen LogP contribution in [0.3, 0.4) is 0 Å². The topological polar surface area (TPSA) is 85.2 Å². The number of nitro benzene ring substituents is 1. The average Bonchev–Trinajstić information content (AvgIpc) is 2.77. The summed E-state index contributed by atoms with van der Waals surface area (Å²) in [7, 11) is 1.48. The Balaban J connectivity index is 1.74. The normalized spacial score (nSPS) is 14.4. The number of carbonyl (C=O) groups is 1. The van der Waals surface area contributed by atoms with E-state index in [1.807, 2.05) is 13.8 Å². The molecule has 1 aliphatic heterocycles. The van der Waals surface area contributed by atoms with Crippen molar-refractivity contribution in [2.24, 2.45) is 0 Å². The first-order valence-corrected chi connectivity index (χ1v) is 10.3. The van der Waals surface area contributed by atoms with Crippen LogP contribution in [-0.2, 0) is 6.18 Å². The van der Waals surface area contributed by atoms with E-state index in [0.717, 1.165) is 12.1 Å². The Labute approximate surface area is 188 Å². The summed E-state index contributed by atoms with van der Waals surface area (Å²) in [6.07, 6.45) is -4.74. The molecule has 8 nitrogen and oxygen atoms in total. The summed E-state index contributed by atoms with van der Waals surface area (Å²) in [4.78, 5) is 26.7. The minimum absolute atomic E-state index is 0.0669. The van der Waals surface area contributed by atoms with E-state index >= 15 is 0 Å². The van der Waals surface area contributed by atoms with Crippen LogP contribution in [0.5, 0.6) is 11.5 Å². The van der Waals surface area contributed by atoms with E-state index in [1.54, 1.807) is 28.0 Å². The molecule has 1 heterocycles. The van der Waals surface area contributed by atoms with Crippen molar-refractivity contribution in [1.29, 1.82) is 0 Å². The fraction of sp³-hybridized carbons (Fsp3) is 0.409. The first kappa shape index (κ1) is 24.1. The number of methoxy groups -OCH3 is 1. The fourth-order valence-electron chi connectivity index (χ4n) is 3.60. The molecule has 0 aromatic heterocycles. The molecule has 0 bridgehead atoms. The van der Waals surface area contributed by atoms with Crippen molar-refractivity contribution in [2.75, 3.05) is 38.2 Å². The number of nitro groups is 1. The largest absolute Gasteiger partial charge is 0.493 e. The Bertz CT molecular complexity index is 1030. The van der Waals surface area contributed by atoms with E-state index in [1.165, 1.54) is 7.11 Å². The lowest BCUT2D eigenvalue weighted by atomic mass is 10.1. The number of anilines is 1. The number of piperazine rings is 1. The zero-order valence-corrected chi connectivity index (χ0v) is 18.4. The van der Waals surface area contributed by atoms with Gasteiger partial charge in [-0.3, -0.25) is 14.9 Å². The van der Waals surface area contributed by atoms with E-state index in [9.17, 15) is 28.1 Å². The third kappa shape index (κ3) is 5.47. The van der Waals surface area contributed by atoms with E-state index < -0.39 is 22.4 Å². The highest BCUT2D eigenvalue weighted by atomic mass is 19.4. The van der Waals surface area contributed by atoms with E-state index in [0.29, 0.717) is 23.1 Å². The lowest BCUT2D eigenvalue weighted by Crippen LogP contribution is -2.49. The van der Waals surface area contributed by atoms with Crippen molar-refractivity contribution in [2.45, 2.75) is 26.1 Å². The molecule has 2 aromatic carbocycles. The van der Waals surface area contributed by atoms with Gasteiger partial charge in [0.1, 0.15) is 5.69 Å². The quantitative estimate of drug-likeness (QED) is 0.463. The van der Waals surface area contributed by atoms with Gasteiger partial charge in [-0.05, 0) is 44.2 Å². The van der Waals surface area contributed by atoms with Gasteiger partial charge >= 0.3 is 6.18 Å². The maximum absolute atomic E-state index is 13.0. The molecule has 0 spiro atoms. The first-order valence-electron chi connectivity index (χ1n) is 10.3. The van der Waals surface area contributed by atoms with Crippen LogP contribution in [0.2, 0.25) is 0 Å². The summed E-state index contributed by atoms with van der Waals surface area (Å²) in [5, 5.41) is 11.4. The van der Waals surface area contributed by atoms with Crippen molar-refractivity contribution in [1.82, 2.24) is 4.90 Å². The molecule has 0 atom stereocenters. The average molecular weight is 467 g/mol. The smallest absolute Gasteiger partial charge is 0.416 e. The Morgan fingerprint density at radius 3 is 2.27 bits per heavy atom. The number of carbonyl (C=O) groups excluding carboxylic acids is 1. The molecule has 0 radical (unpaired) electrons. The molecule has 0 unspecified atom stereocenters. The molecule has 178 valence electrons. The van der Waals surface area contributed by atoms with Crippen molar-refractivity contribution in [3.8, 4) is 11.5 Å². The molecule has 2 aromatic rings. The van der Waals surface area contributed by atoms with Crippen LogP contribution < -0.4 is 14.4 Å². The first-order chi connectivity index (χ1) is 15.5. The number of rotatable bonds is 6. The monoisotopic (exact) mass is 467 g/mol. The van der Waals surface area contributed by atoms with Gasteiger partial charge in [0.15, 0.2) is 11.5 Å². The molecule has 1 aliphatic rings. The van der Waals surface area contributed by atoms with Gasteiger partial charge < -0.3 is 19.3 Å². The molecule has 1 fully saturated rings. The molecule has 0 saturated carbocycles. The van der Waals surface area contributed by atoms with Gasteiger partial charge in [-0.2, -0.15) is 13.2 Å². The number of amides is 1. The van der Waals surface area contributed by atoms with Gasteiger partial charge in [0.05, 0.1) is 23.7 Å². The predicted octanol–water partition coefficient (Wildman–Crippen LogP) is 4.37. The number of ether oxygens (including phenoxy) is 2. The summed E-state index contributed by atoms with van der Waals surface area (Å²) >= 11 is 0. The molecule has 1 saturated heterocycles. The van der Waals surface area contributed by atoms with Crippen LogP contribution in [0.4, 0.5) is 24.5 Å². The van der Waals surface area contributed by atoms with Crippen LogP contribution in [0, 0.1) is 10.1 Å². The lowest BCUT2D eigenvalue weighted by Gasteiger charge is -2.36. The number of alkyl halides is 3. The van der Waals surface area contributed by atoms with Crippen LogP contribution in [0.15, 0.2) is 36.4 Å². The zero-order valence-electron chi connectivity index (χ0n) is 18.4. The minimum Gasteiger partial charge on any atom is -0.493 e. The second-order valence-electron chi connectivity index (χ2n) is 7.77. The molecule has 0 aliphatic carbocycles. The van der Waals surface area contributed by atoms with E-state index in [2.05, 4.69) is 0 Å². The summed E-state index contributed by atoms with van der Waals surface area (Å²) in [5.41, 5.74) is -1.20. The molecule has 1 amide bonds. The van der Waals surface area contributed by atoms with Gasteiger partial charge in [-0.15, -0.1) is 0 Å². The summed E-state index contributed by atoms with van der Waals surface area (Å²) in [6.45, 7) is 4.73. The Morgan fingerprint density at radius 1 is 1.06 bits per heavy atom. The standard InChI is InChI=1S/C22H24F3N3O5/c1-14(2)33-19-7-4-15(12-20(19)32-3)21(29)27-10-8-26(9-11-27)17-6-5-16(22(23,24)25)13-18(17)28(30)31/h4-7,12-14H,8-11H2,1-3H3. The second-order valence-corrected chi connectivity index (χ2v) is 7.77.